The van der Waals surface area contributed by atoms with Gasteiger partial charge >= 0.3 is 0 Å². The van der Waals surface area contributed by atoms with Crippen molar-refractivity contribution in [2.75, 3.05) is 44.2 Å². The molecule has 1 N–H and O–H groups in total. The molecule has 1 aliphatic rings. The van der Waals surface area contributed by atoms with Gasteiger partial charge in [0.05, 0.1) is 0 Å². The third kappa shape index (κ3) is 7.20. The van der Waals surface area contributed by atoms with Gasteiger partial charge < -0.3 is 10.2 Å². The average molecular weight is 230 g/mol. The molecule has 0 unspecified atom stereocenters. The predicted molar refractivity (Wildman–Crippen MR) is 70.8 cm³/mol. The van der Waals surface area contributed by atoms with Crippen LogP contribution < -0.4 is 5.32 Å². The molecule has 90 valence electrons. The fourth-order valence-electron chi connectivity index (χ4n) is 1.96. The molecule has 0 aromatic rings. The van der Waals surface area contributed by atoms with Crippen LogP contribution in [0.2, 0.25) is 0 Å². The summed E-state index contributed by atoms with van der Waals surface area (Å²) in [4.78, 5) is 2.65. The van der Waals surface area contributed by atoms with Crippen molar-refractivity contribution in [3.63, 3.8) is 0 Å². The number of thioether (sulfide) groups is 1. The monoisotopic (exact) mass is 230 g/mol. The Kier molecular flexibility index (Phi) is 8.44. The van der Waals surface area contributed by atoms with Crippen molar-refractivity contribution in [1.82, 2.24) is 10.2 Å². The summed E-state index contributed by atoms with van der Waals surface area (Å²) >= 11 is 2.12. The van der Waals surface area contributed by atoms with Gasteiger partial charge in [0.25, 0.3) is 0 Å². The molecule has 15 heavy (non-hydrogen) atoms. The normalized spacial score (nSPS) is 19.0. The maximum absolute atomic E-state index is 3.38. The summed E-state index contributed by atoms with van der Waals surface area (Å²) in [6.45, 7) is 8.47. The fraction of sp³-hybridized carbons (Fsp3) is 1.00. The van der Waals surface area contributed by atoms with Crippen molar-refractivity contribution in [3.05, 3.63) is 0 Å². The average Bonchev–Trinajstić information content (AvgIpc) is 2.52. The maximum Gasteiger partial charge on any atom is 0.00723 e. The van der Waals surface area contributed by atoms with Gasteiger partial charge in [-0.05, 0) is 51.2 Å². The molecular weight excluding hydrogens is 204 g/mol. The smallest absolute Gasteiger partial charge is 0.00723 e. The fourth-order valence-corrected chi connectivity index (χ4v) is 2.88. The molecular formula is C12H26N2S. The molecule has 1 saturated heterocycles. The summed E-state index contributed by atoms with van der Waals surface area (Å²) in [5.41, 5.74) is 0. The number of nitrogens with one attached hydrogen (secondary N) is 1. The summed E-state index contributed by atoms with van der Waals surface area (Å²) in [6, 6.07) is 0. The van der Waals surface area contributed by atoms with Gasteiger partial charge in [0.15, 0.2) is 0 Å². The van der Waals surface area contributed by atoms with Crippen molar-refractivity contribution in [2.24, 2.45) is 0 Å². The third-order valence-electron chi connectivity index (χ3n) is 2.89. The molecule has 2 nitrogen and oxygen atoms in total. The minimum atomic E-state index is 1.11. The number of unbranched alkanes of at least 4 members (excludes halogenated alkanes) is 2. The van der Waals surface area contributed by atoms with Crippen LogP contribution in [0.3, 0.4) is 0 Å². The Hall–Kier alpha value is 0.270. The second-order valence-electron chi connectivity index (χ2n) is 4.22. The van der Waals surface area contributed by atoms with E-state index in [2.05, 4.69) is 28.9 Å². The van der Waals surface area contributed by atoms with Crippen LogP contribution in [0.4, 0.5) is 0 Å². The van der Waals surface area contributed by atoms with Crippen LogP contribution in [0.25, 0.3) is 0 Å². The van der Waals surface area contributed by atoms with E-state index in [9.17, 15) is 0 Å². The molecule has 0 aromatic carbocycles. The number of hydrogen-bond acceptors (Lipinski definition) is 3. The van der Waals surface area contributed by atoms with E-state index in [0.29, 0.717) is 0 Å². The van der Waals surface area contributed by atoms with E-state index < -0.39 is 0 Å². The molecule has 0 atom stereocenters. The van der Waals surface area contributed by atoms with Crippen molar-refractivity contribution >= 4 is 11.8 Å². The summed E-state index contributed by atoms with van der Waals surface area (Å²) in [5.74, 6) is 2.72. The van der Waals surface area contributed by atoms with E-state index >= 15 is 0 Å². The Morgan fingerprint density at radius 1 is 1.13 bits per heavy atom. The Bertz CT molecular complexity index is 134. The lowest BCUT2D eigenvalue weighted by Gasteiger charge is -2.18. The standard InChI is InChI=1S/C12H26N2S/c1-2-13-7-4-3-5-8-14-9-6-11-15-12-10-14/h13H,2-12H2,1H3. The molecule has 1 rings (SSSR count). The molecule has 3 heteroatoms. The van der Waals surface area contributed by atoms with Crippen molar-refractivity contribution in [2.45, 2.75) is 32.6 Å². The van der Waals surface area contributed by atoms with E-state index in [1.165, 1.54) is 63.4 Å². The second kappa shape index (κ2) is 9.49. The van der Waals surface area contributed by atoms with E-state index in [-0.39, 0.29) is 0 Å². The molecule has 0 spiro atoms. The van der Waals surface area contributed by atoms with E-state index in [1.54, 1.807) is 0 Å². The van der Waals surface area contributed by atoms with Crippen LogP contribution >= 0.6 is 11.8 Å². The van der Waals surface area contributed by atoms with Gasteiger partial charge in [0.1, 0.15) is 0 Å². The zero-order valence-corrected chi connectivity index (χ0v) is 11.0. The summed E-state index contributed by atoms with van der Waals surface area (Å²) in [6.07, 6.45) is 5.51. The highest BCUT2D eigenvalue weighted by Crippen LogP contribution is 2.10. The number of nitrogens with zero attached hydrogens (tertiary/aromatic N) is 1. The summed E-state index contributed by atoms with van der Waals surface area (Å²) in [5, 5.41) is 3.38. The second-order valence-corrected chi connectivity index (χ2v) is 5.45. The third-order valence-corrected chi connectivity index (χ3v) is 3.94. The first-order valence-corrected chi connectivity index (χ1v) is 7.59. The Morgan fingerprint density at radius 2 is 2.07 bits per heavy atom. The zero-order chi connectivity index (χ0) is 10.8. The van der Waals surface area contributed by atoms with Gasteiger partial charge in [0, 0.05) is 12.3 Å². The molecule has 0 saturated carbocycles. The van der Waals surface area contributed by atoms with Crippen LogP contribution in [-0.4, -0.2) is 49.1 Å². The quantitative estimate of drug-likeness (QED) is 0.675. The number of hydrogen-bond donors (Lipinski definition) is 1. The van der Waals surface area contributed by atoms with E-state index in [4.69, 9.17) is 0 Å². The zero-order valence-electron chi connectivity index (χ0n) is 10.1. The van der Waals surface area contributed by atoms with Crippen LogP contribution in [0.15, 0.2) is 0 Å². The van der Waals surface area contributed by atoms with Crippen molar-refractivity contribution in [3.8, 4) is 0 Å². The molecule has 0 radical (unpaired) electrons. The van der Waals surface area contributed by atoms with Crippen molar-refractivity contribution in [1.29, 1.82) is 0 Å². The lowest BCUT2D eigenvalue weighted by atomic mass is 10.2. The highest BCUT2D eigenvalue weighted by Gasteiger charge is 2.07. The van der Waals surface area contributed by atoms with Crippen LogP contribution in [0.1, 0.15) is 32.6 Å². The number of rotatable bonds is 7. The van der Waals surface area contributed by atoms with Crippen molar-refractivity contribution < 1.29 is 0 Å². The lowest BCUT2D eigenvalue weighted by Crippen LogP contribution is -2.27. The topological polar surface area (TPSA) is 15.3 Å². The van der Waals surface area contributed by atoms with Crippen LogP contribution in [0.5, 0.6) is 0 Å². The molecule has 1 aliphatic heterocycles. The molecule has 0 bridgehead atoms. The van der Waals surface area contributed by atoms with Gasteiger partial charge in [-0.3, -0.25) is 0 Å². The first kappa shape index (κ1) is 13.3. The largest absolute Gasteiger partial charge is 0.317 e. The first-order chi connectivity index (χ1) is 7.43. The van der Waals surface area contributed by atoms with Gasteiger partial charge in [-0.1, -0.05) is 13.3 Å². The van der Waals surface area contributed by atoms with Crippen LogP contribution in [-0.2, 0) is 0 Å². The minimum absolute atomic E-state index is 1.11. The van der Waals surface area contributed by atoms with E-state index in [0.717, 1.165) is 6.54 Å². The molecule has 0 aromatic heterocycles. The Balaban J connectivity index is 1.89. The summed E-state index contributed by atoms with van der Waals surface area (Å²) in [7, 11) is 0. The Morgan fingerprint density at radius 3 is 2.93 bits per heavy atom. The van der Waals surface area contributed by atoms with Gasteiger partial charge in [-0.15, -0.1) is 0 Å². The first-order valence-electron chi connectivity index (χ1n) is 6.44. The maximum atomic E-state index is 3.38. The molecule has 0 amide bonds. The lowest BCUT2D eigenvalue weighted by molar-refractivity contribution is 0.288. The highest BCUT2D eigenvalue weighted by atomic mass is 32.2. The van der Waals surface area contributed by atoms with Gasteiger partial charge in [-0.2, -0.15) is 11.8 Å². The Labute approximate surface area is 99.2 Å². The summed E-state index contributed by atoms with van der Waals surface area (Å²) < 4.78 is 0. The SMILES string of the molecule is CCNCCCCCN1CCCSCC1. The van der Waals surface area contributed by atoms with Gasteiger partial charge in [-0.25, -0.2) is 0 Å². The van der Waals surface area contributed by atoms with Gasteiger partial charge in [0.2, 0.25) is 0 Å². The predicted octanol–water partition coefficient (Wildman–Crippen LogP) is 2.21. The van der Waals surface area contributed by atoms with Crippen LogP contribution in [0, 0.1) is 0 Å². The minimum Gasteiger partial charge on any atom is -0.317 e. The molecule has 1 heterocycles. The molecule has 1 fully saturated rings. The molecule has 0 aliphatic carbocycles. The van der Waals surface area contributed by atoms with E-state index in [1.807, 2.05) is 0 Å². The highest BCUT2D eigenvalue weighted by molar-refractivity contribution is 7.99.